The first kappa shape index (κ1) is 13.5. The van der Waals surface area contributed by atoms with Crippen molar-refractivity contribution in [3.63, 3.8) is 0 Å². The highest BCUT2D eigenvalue weighted by atomic mass is 19.1. The predicted molar refractivity (Wildman–Crippen MR) is 74.4 cm³/mol. The van der Waals surface area contributed by atoms with E-state index in [1.54, 1.807) is 0 Å². The van der Waals surface area contributed by atoms with Gasteiger partial charge in [0.1, 0.15) is 5.82 Å². The van der Waals surface area contributed by atoms with Crippen molar-refractivity contribution in [2.45, 2.75) is 38.0 Å². The standard InChI is InChI=1S/C17H20F2O2/c1-16-5-2-6-17(7-8-20-10-17)13(16)9-21-15-12(19)4-3-11(18)14(15)16/h3-4,13H,2,5-10H2,1H3/t13?,16-,17-/m1/s1. The fourth-order valence-electron chi connectivity index (χ4n) is 4.96. The van der Waals surface area contributed by atoms with Crippen LogP contribution < -0.4 is 4.74 Å². The lowest BCUT2D eigenvalue weighted by Gasteiger charge is -2.54. The van der Waals surface area contributed by atoms with E-state index in [9.17, 15) is 8.78 Å². The molecule has 1 spiro atoms. The summed E-state index contributed by atoms with van der Waals surface area (Å²) < 4.78 is 39.8. The molecule has 114 valence electrons. The molecule has 2 heterocycles. The molecule has 0 radical (unpaired) electrons. The third kappa shape index (κ3) is 1.71. The number of hydrogen-bond acceptors (Lipinski definition) is 2. The molecule has 4 rings (SSSR count). The molecule has 1 unspecified atom stereocenters. The van der Waals surface area contributed by atoms with Crippen molar-refractivity contribution in [3.8, 4) is 5.75 Å². The van der Waals surface area contributed by atoms with Gasteiger partial charge in [-0.3, -0.25) is 0 Å². The third-order valence-electron chi connectivity index (χ3n) is 6.04. The topological polar surface area (TPSA) is 18.5 Å². The Kier molecular flexibility index (Phi) is 2.84. The third-order valence-corrected chi connectivity index (χ3v) is 6.04. The Morgan fingerprint density at radius 2 is 1.95 bits per heavy atom. The summed E-state index contributed by atoms with van der Waals surface area (Å²) >= 11 is 0. The molecule has 21 heavy (non-hydrogen) atoms. The van der Waals surface area contributed by atoms with E-state index >= 15 is 0 Å². The zero-order valence-corrected chi connectivity index (χ0v) is 12.3. The molecule has 2 aliphatic heterocycles. The van der Waals surface area contributed by atoms with E-state index in [0.29, 0.717) is 12.2 Å². The number of hydrogen-bond donors (Lipinski definition) is 0. The maximum atomic E-state index is 14.5. The van der Waals surface area contributed by atoms with Gasteiger partial charge in [0.05, 0.1) is 13.2 Å². The Bertz CT molecular complexity index is 580. The van der Waals surface area contributed by atoms with E-state index in [2.05, 4.69) is 6.92 Å². The fraction of sp³-hybridized carbons (Fsp3) is 0.647. The highest BCUT2D eigenvalue weighted by Crippen LogP contribution is 2.59. The van der Waals surface area contributed by atoms with Crippen molar-refractivity contribution >= 4 is 0 Å². The van der Waals surface area contributed by atoms with Gasteiger partial charge >= 0.3 is 0 Å². The average Bonchev–Trinajstić information content (AvgIpc) is 2.91. The minimum Gasteiger partial charge on any atom is -0.490 e. The maximum absolute atomic E-state index is 14.5. The number of rotatable bonds is 0. The summed E-state index contributed by atoms with van der Waals surface area (Å²) in [4.78, 5) is 0. The van der Waals surface area contributed by atoms with Gasteiger partial charge < -0.3 is 9.47 Å². The van der Waals surface area contributed by atoms with E-state index in [-0.39, 0.29) is 28.3 Å². The number of halogens is 2. The van der Waals surface area contributed by atoms with E-state index in [1.165, 1.54) is 6.07 Å². The van der Waals surface area contributed by atoms with Crippen LogP contribution in [0.15, 0.2) is 12.1 Å². The summed E-state index contributed by atoms with van der Waals surface area (Å²) in [5.74, 6) is -0.460. The van der Waals surface area contributed by atoms with Crippen LogP contribution in [-0.4, -0.2) is 19.8 Å². The average molecular weight is 294 g/mol. The smallest absolute Gasteiger partial charge is 0.165 e. The lowest BCUT2D eigenvalue weighted by atomic mass is 9.52. The fourth-order valence-corrected chi connectivity index (χ4v) is 4.96. The zero-order chi connectivity index (χ0) is 14.7. The van der Waals surface area contributed by atoms with Gasteiger partial charge in [-0.15, -0.1) is 0 Å². The van der Waals surface area contributed by atoms with Crippen LogP contribution in [0.5, 0.6) is 5.75 Å². The first-order chi connectivity index (χ1) is 10.1. The monoisotopic (exact) mass is 294 g/mol. The SMILES string of the molecule is C[C@@]12CCC[C@]3(CCOC3)C1COc1c(F)ccc(F)c12. The van der Waals surface area contributed by atoms with E-state index in [0.717, 1.165) is 45.0 Å². The molecule has 1 aliphatic carbocycles. The predicted octanol–water partition coefficient (Wildman–Crippen LogP) is 3.82. The molecule has 4 heteroatoms. The minimum absolute atomic E-state index is 0.0729. The van der Waals surface area contributed by atoms with Gasteiger partial charge in [-0.2, -0.15) is 0 Å². The molecule has 2 nitrogen and oxygen atoms in total. The summed E-state index contributed by atoms with van der Waals surface area (Å²) in [5.41, 5.74) is 0.166. The zero-order valence-electron chi connectivity index (χ0n) is 12.3. The van der Waals surface area contributed by atoms with Crippen molar-refractivity contribution in [2.24, 2.45) is 11.3 Å². The summed E-state index contributed by atoms with van der Waals surface area (Å²) in [7, 11) is 0. The number of benzene rings is 1. The molecule has 0 amide bonds. The second kappa shape index (κ2) is 4.42. The van der Waals surface area contributed by atoms with Gasteiger partial charge in [-0.1, -0.05) is 13.3 Å². The molecule has 1 aromatic carbocycles. The van der Waals surface area contributed by atoms with Crippen LogP contribution in [0.2, 0.25) is 0 Å². The van der Waals surface area contributed by atoms with Crippen LogP contribution >= 0.6 is 0 Å². The minimum atomic E-state index is -0.451. The summed E-state index contributed by atoms with van der Waals surface area (Å²) in [5, 5.41) is 0. The second-order valence-electron chi connectivity index (χ2n) is 7.03. The second-order valence-corrected chi connectivity index (χ2v) is 7.03. The Balaban J connectivity index is 1.87. The first-order valence-electron chi connectivity index (χ1n) is 7.76. The van der Waals surface area contributed by atoms with Crippen LogP contribution in [0.1, 0.15) is 38.2 Å². The lowest BCUT2D eigenvalue weighted by molar-refractivity contribution is -0.0311. The Morgan fingerprint density at radius 3 is 2.71 bits per heavy atom. The molecule has 0 N–H and O–H groups in total. The molecule has 1 aromatic rings. The molecule has 2 fully saturated rings. The molecule has 0 aromatic heterocycles. The first-order valence-corrected chi connectivity index (χ1v) is 7.76. The van der Waals surface area contributed by atoms with Crippen LogP contribution in [0.3, 0.4) is 0 Å². The van der Waals surface area contributed by atoms with Crippen molar-refractivity contribution in [3.05, 3.63) is 29.3 Å². The van der Waals surface area contributed by atoms with Crippen molar-refractivity contribution in [1.29, 1.82) is 0 Å². The molecule has 3 aliphatic rings. The summed E-state index contributed by atoms with van der Waals surface area (Å²) in [6.07, 6.45) is 4.02. The van der Waals surface area contributed by atoms with Crippen LogP contribution in [0.4, 0.5) is 8.78 Å². The van der Waals surface area contributed by atoms with Gasteiger partial charge in [0.2, 0.25) is 0 Å². The number of ether oxygens (including phenoxy) is 2. The van der Waals surface area contributed by atoms with Crippen molar-refractivity contribution in [2.75, 3.05) is 19.8 Å². The summed E-state index contributed by atoms with van der Waals surface area (Å²) in [6.45, 7) is 4.04. The van der Waals surface area contributed by atoms with E-state index < -0.39 is 5.82 Å². The number of fused-ring (bicyclic) bond motifs is 4. The molecule has 3 atom stereocenters. The maximum Gasteiger partial charge on any atom is 0.165 e. The van der Waals surface area contributed by atoms with E-state index in [1.807, 2.05) is 0 Å². The van der Waals surface area contributed by atoms with E-state index in [4.69, 9.17) is 9.47 Å². The molecular weight excluding hydrogens is 274 g/mol. The van der Waals surface area contributed by atoms with Gasteiger partial charge in [-0.05, 0) is 31.4 Å². The van der Waals surface area contributed by atoms with Crippen molar-refractivity contribution < 1.29 is 18.3 Å². The Hall–Kier alpha value is -1.16. The Labute approximate surface area is 123 Å². The van der Waals surface area contributed by atoms with Gasteiger partial charge in [0.15, 0.2) is 11.6 Å². The molecule has 0 bridgehead atoms. The molecular formula is C17H20F2O2. The van der Waals surface area contributed by atoms with Gasteiger partial charge in [-0.25, -0.2) is 8.78 Å². The lowest BCUT2D eigenvalue weighted by Crippen LogP contribution is -2.53. The quantitative estimate of drug-likeness (QED) is 0.724. The highest BCUT2D eigenvalue weighted by Gasteiger charge is 2.57. The summed E-state index contributed by atoms with van der Waals surface area (Å²) in [6, 6.07) is 2.40. The molecule has 1 saturated heterocycles. The van der Waals surface area contributed by atoms with Gasteiger partial charge in [0, 0.05) is 28.9 Å². The molecule has 1 saturated carbocycles. The van der Waals surface area contributed by atoms with Crippen molar-refractivity contribution in [1.82, 2.24) is 0 Å². The van der Waals surface area contributed by atoms with Crippen LogP contribution in [-0.2, 0) is 10.2 Å². The normalized spacial score (nSPS) is 38.0. The van der Waals surface area contributed by atoms with Crippen LogP contribution in [0, 0.1) is 23.0 Å². The van der Waals surface area contributed by atoms with Crippen LogP contribution in [0.25, 0.3) is 0 Å². The largest absolute Gasteiger partial charge is 0.490 e. The Morgan fingerprint density at radius 1 is 1.14 bits per heavy atom. The van der Waals surface area contributed by atoms with Gasteiger partial charge in [0.25, 0.3) is 0 Å². The highest BCUT2D eigenvalue weighted by molar-refractivity contribution is 5.45.